The summed E-state index contributed by atoms with van der Waals surface area (Å²) in [6, 6.07) is 39.0. The van der Waals surface area contributed by atoms with Crippen LogP contribution in [0.3, 0.4) is 0 Å². The van der Waals surface area contributed by atoms with Crippen molar-refractivity contribution in [1.29, 1.82) is 0 Å². The lowest BCUT2D eigenvalue weighted by molar-refractivity contribution is 0.0635. The number of amides is 1. The van der Waals surface area contributed by atoms with Gasteiger partial charge >= 0.3 is 6.09 Å². The molecule has 6 aromatic rings. The molecule has 1 amide bonds. The van der Waals surface area contributed by atoms with Gasteiger partial charge in [0, 0.05) is 11.5 Å². The lowest BCUT2D eigenvalue weighted by atomic mass is 9.77. The second-order valence-corrected chi connectivity index (χ2v) is 12.0. The van der Waals surface area contributed by atoms with Crippen LogP contribution in [-0.2, 0) is 10.3 Å². The molecule has 1 aromatic heterocycles. The fourth-order valence-electron chi connectivity index (χ4n) is 5.74. The number of rotatable bonds is 7. The SMILES string of the molecule is CC(C)(C)OC(=O)Nc1cc2c(C=Cc3cccc(F)c3)nn(C(c3ccccc3)(c3ccccc3)c3ccccc3)c2cc1F. The van der Waals surface area contributed by atoms with E-state index in [0.29, 0.717) is 22.2 Å². The maximum Gasteiger partial charge on any atom is 0.412 e. The van der Waals surface area contributed by atoms with Crippen LogP contribution in [0.5, 0.6) is 0 Å². The molecule has 0 atom stereocenters. The van der Waals surface area contributed by atoms with Crippen molar-refractivity contribution in [3.63, 3.8) is 0 Å². The van der Waals surface area contributed by atoms with Crippen molar-refractivity contribution in [3.8, 4) is 0 Å². The fraction of sp³-hybridized carbons (Fsp3) is 0.128. The number of hydrogen-bond acceptors (Lipinski definition) is 3. The lowest BCUT2D eigenvalue weighted by Crippen LogP contribution is -2.38. The second-order valence-electron chi connectivity index (χ2n) is 12.0. The number of carbonyl (C=O) groups excluding carboxylic acids is 1. The standard InChI is InChI=1S/C39H33F2N3O2/c1-38(2,3)46-37(45)42-35-25-32-34(23-22-27-14-13-21-31(40)24-27)43-44(36(32)26-33(35)41)39(28-15-7-4-8-16-28,29-17-9-5-10-18-29)30-19-11-6-12-20-30/h4-26H,1-3H3,(H,42,45). The Hall–Kier alpha value is -5.56. The molecule has 7 heteroatoms. The minimum atomic E-state index is -1.03. The van der Waals surface area contributed by atoms with Gasteiger partial charge in [-0.1, -0.05) is 109 Å². The number of aromatic nitrogens is 2. The first-order valence-corrected chi connectivity index (χ1v) is 15.0. The smallest absolute Gasteiger partial charge is 0.412 e. The molecule has 0 saturated heterocycles. The summed E-state index contributed by atoms with van der Waals surface area (Å²) in [5.41, 5.74) is 2.51. The zero-order chi connectivity index (χ0) is 32.3. The highest BCUT2D eigenvalue weighted by molar-refractivity contribution is 5.95. The van der Waals surface area contributed by atoms with Crippen LogP contribution >= 0.6 is 0 Å². The van der Waals surface area contributed by atoms with E-state index in [0.717, 1.165) is 16.7 Å². The van der Waals surface area contributed by atoms with E-state index in [1.54, 1.807) is 51.1 Å². The molecule has 0 spiro atoms. The fourth-order valence-corrected chi connectivity index (χ4v) is 5.74. The van der Waals surface area contributed by atoms with Crippen LogP contribution in [0.2, 0.25) is 0 Å². The van der Waals surface area contributed by atoms with Crippen LogP contribution < -0.4 is 5.32 Å². The van der Waals surface area contributed by atoms with Gasteiger partial charge in [-0.15, -0.1) is 0 Å². The summed E-state index contributed by atoms with van der Waals surface area (Å²) < 4.78 is 37.3. The van der Waals surface area contributed by atoms with Crippen molar-refractivity contribution < 1.29 is 18.3 Å². The molecule has 0 bridgehead atoms. The molecular weight excluding hydrogens is 580 g/mol. The molecule has 5 aromatic carbocycles. The van der Waals surface area contributed by atoms with Gasteiger partial charge in [-0.05, 0) is 67.3 Å². The molecule has 5 nitrogen and oxygen atoms in total. The number of anilines is 1. The molecule has 0 aliphatic heterocycles. The van der Waals surface area contributed by atoms with E-state index in [1.807, 2.05) is 95.7 Å². The number of carbonyl (C=O) groups is 1. The third-order valence-electron chi connectivity index (χ3n) is 7.61. The minimum Gasteiger partial charge on any atom is -0.444 e. The molecule has 0 aliphatic carbocycles. The van der Waals surface area contributed by atoms with Crippen molar-refractivity contribution >= 4 is 34.8 Å². The van der Waals surface area contributed by atoms with Crippen molar-refractivity contribution in [3.05, 3.63) is 167 Å². The van der Waals surface area contributed by atoms with Gasteiger partial charge in [-0.3, -0.25) is 5.32 Å². The highest BCUT2D eigenvalue weighted by atomic mass is 19.1. The van der Waals surface area contributed by atoms with E-state index in [-0.39, 0.29) is 11.5 Å². The first-order valence-electron chi connectivity index (χ1n) is 15.0. The summed E-state index contributed by atoms with van der Waals surface area (Å²) in [5, 5.41) is 8.31. The zero-order valence-corrected chi connectivity index (χ0v) is 25.7. The lowest BCUT2D eigenvalue weighted by Gasteiger charge is -2.37. The molecular formula is C39H33F2N3O2. The summed E-state index contributed by atoms with van der Waals surface area (Å²) in [6.45, 7) is 5.21. The second kappa shape index (κ2) is 12.4. The Kier molecular flexibility index (Phi) is 8.24. The van der Waals surface area contributed by atoms with Crippen LogP contribution in [-0.4, -0.2) is 21.5 Å². The van der Waals surface area contributed by atoms with Crippen molar-refractivity contribution in [1.82, 2.24) is 9.78 Å². The average Bonchev–Trinajstić information content (AvgIpc) is 3.38. The summed E-state index contributed by atoms with van der Waals surface area (Å²) >= 11 is 0. The van der Waals surface area contributed by atoms with Crippen LogP contribution in [0.4, 0.5) is 19.3 Å². The zero-order valence-electron chi connectivity index (χ0n) is 25.7. The van der Waals surface area contributed by atoms with E-state index in [9.17, 15) is 9.18 Å². The maximum absolute atomic E-state index is 16.0. The summed E-state index contributed by atoms with van der Waals surface area (Å²) in [5.74, 6) is -1.01. The van der Waals surface area contributed by atoms with E-state index in [4.69, 9.17) is 9.84 Å². The molecule has 6 rings (SSSR count). The topological polar surface area (TPSA) is 56.1 Å². The number of nitrogens with one attached hydrogen (secondary N) is 1. The van der Waals surface area contributed by atoms with Crippen LogP contribution in [0.15, 0.2) is 127 Å². The van der Waals surface area contributed by atoms with Crippen molar-refractivity contribution in [2.75, 3.05) is 5.32 Å². The molecule has 0 fully saturated rings. The van der Waals surface area contributed by atoms with Crippen LogP contribution in [0.25, 0.3) is 23.1 Å². The van der Waals surface area contributed by atoms with E-state index >= 15 is 4.39 Å². The molecule has 230 valence electrons. The van der Waals surface area contributed by atoms with Gasteiger partial charge in [0.2, 0.25) is 0 Å². The molecule has 1 N–H and O–H groups in total. The third-order valence-corrected chi connectivity index (χ3v) is 7.61. The Morgan fingerprint density at radius 2 is 1.30 bits per heavy atom. The normalized spacial score (nSPS) is 12.0. The quantitative estimate of drug-likeness (QED) is 0.182. The number of halogens is 2. The predicted octanol–water partition coefficient (Wildman–Crippen LogP) is 9.67. The third kappa shape index (κ3) is 6.04. The number of nitrogens with zero attached hydrogens (tertiary/aromatic N) is 2. The molecule has 46 heavy (non-hydrogen) atoms. The van der Waals surface area contributed by atoms with Crippen LogP contribution in [0.1, 0.15) is 48.7 Å². The first-order chi connectivity index (χ1) is 22.1. The Bertz CT molecular complexity index is 1920. The van der Waals surface area contributed by atoms with E-state index in [1.165, 1.54) is 18.2 Å². The molecule has 0 saturated carbocycles. The Morgan fingerprint density at radius 1 is 0.739 bits per heavy atom. The Labute approximate surface area is 266 Å². The van der Waals surface area contributed by atoms with Crippen molar-refractivity contribution in [2.45, 2.75) is 31.9 Å². The number of hydrogen-bond donors (Lipinski definition) is 1. The first kappa shape index (κ1) is 30.5. The average molecular weight is 614 g/mol. The van der Waals surface area contributed by atoms with Gasteiger partial charge in [0.05, 0.1) is 16.9 Å². The predicted molar refractivity (Wildman–Crippen MR) is 179 cm³/mol. The summed E-state index contributed by atoms with van der Waals surface area (Å²) in [6.07, 6.45) is 2.76. The molecule has 1 heterocycles. The molecule has 0 radical (unpaired) electrons. The monoisotopic (exact) mass is 613 g/mol. The summed E-state index contributed by atoms with van der Waals surface area (Å²) in [4.78, 5) is 12.7. The largest absolute Gasteiger partial charge is 0.444 e. The molecule has 0 unspecified atom stereocenters. The van der Waals surface area contributed by atoms with Gasteiger partial charge in [0.1, 0.15) is 22.8 Å². The molecule has 0 aliphatic rings. The maximum atomic E-state index is 16.0. The number of fused-ring (bicyclic) bond motifs is 1. The summed E-state index contributed by atoms with van der Waals surface area (Å²) in [7, 11) is 0. The highest BCUT2D eigenvalue weighted by Gasteiger charge is 2.41. The number of benzene rings is 5. The van der Waals surface area contributed by atoms with E-state index in [2.05, 4.69) is 5.32 Å². The van der Waals surface area contributed by atoms with Gasteiger partial charge in [-0.2, -0.15) is 5.10 Å². The van der Waals surface area contributed by atoms with Crippen LogP contribution in [0, 0.1) is 11.6 Å². The Morgan fingerprint density at radius 3 is 1.83 bits per heavy atom. The van der Waals surface area contributed by atoms with Gasteiger partial charge in [0.25, 0.3) is 0 Å². The van der Waals surface area contributed by atoms with Gasteiger partial charge in [0.15, 0.2) is 0 Å². The van der Waals surface area contributed by atoms with Crippen molar-refractivity contribution in [2.24, 2.45) is 0 Å². The highest BCUT2D eigenvalue weighted by Crippen LogP contribution is 2.43. The number of ether oxygens (including phenoxy) is 1. The Balaban J connectivity index is 1.66. The minimum absolute atomic E-state index is 0.0496. The van der Waals surface area contributed by atoms with E-state index < -0.39 is 23.1 Å². The van der Waals surface area contributed by atoms with Gasteiger partial charge < -0.3 is 4.74 Å². The van der Waals surface area contributed by atoms with Gasteiger partial charge in [-0.25, -0.2) is 18.3 Å².